The number of rotatable bonds is 4. The zero-order valence-electron chi connectivity index (χ0n) is 14.2. The van der Waals surface area contributed by atoms with E-state index in [0.717, 1.165) is 12.1 Å². The molecule has 0 saturated heterocycles. The summed E-state index contributed by atoms with van der Waals surface area (Å²) in [4.78, 5) is 27.2. The van der Waals surface area contributed by atoms with E-state index >= 15 is 0 Å². The van der Waals surface area contributed by atoms with Crippen molar-refractivity contribution < 1.29 is 18.0 Å². The van der Waals surface area contributed by atoms with Gasteiger partial charge in [-0.3, -0.25) is 4.79 Å². The fraction of sp³-hybridized carbons (Fsp3) is 0.111. The molecule has 0 spiro atoms. The van der Waals surface area contributed by atoms with Gasteiger partial charge in [0.1, 0.15) is 11.4 Å². The van der Waals surface area contributed by atoms with Crippen molar-refractivity contribution >= 4 is 11.6 Å². The van der Waals surface area contributed by atoms with Gasteiger partial charge in [0, 0.05) is 24.2 Å². The minimum Gasteiger partial charge on any atom is -0.345 e. The molecule has 0 aliphatic heterocycles. The molecule has 4 aromatic rings. The van der Waals surface area contributed by atoms with Gasteiger partial charge in [-0.05, 0) is 12.1 Å². The molecule has 142 valence electrons. The third-order valence-electron chi connectivity index (χ3n) is 4.08. The van der Waals surface area contributed by atoms with Gasteiger partial charge < -0.3 is 14.7 Å². The van der Waals surface area contributed by atoms with Crippen molar-refractivity contribution in [3.8, 4) is 11.3 Å². The molecule has 7 nitrogen and oxygen atoms in total. The number of carbonyl (C=O) groups excluding carboxylic acids is 1. The maximum Gasteiger partial charge on any atom is 0.416 e. The van der Waals surface area contributed by atoms with Crippen molar-refractivity contribution in [3.05, 3.63) is 72.3 Å². The van der Waals surface area contributed by atoms with Gasteiger partial charge in [-0.25, -0.2) is 15.0 Å². The first-order chi connectivity index (χ1) is 13.4. The number of imidazole rings is 2. The summed E-state index contributed by atoms with van der Waals surface area (Å²) in [7, 11) is 0. The number of aromatic nitrogens is 5. The summed E-state index contributed by atoms with van der Waals surface area (Å²) in [6.07, 6.45) is 3.35. The minimum absolute atomic E-state index is 0.125. The molecule has 0 radical (unpaired) electrons. The van der Waals surface area contributed by atoms with Gasteiger partial charge in [-0.1, -0.05) is 12.1 Å². The molecule has 28 heavy (non-hydrogen) atoms. The zero-order chi connectivity index (χ0) is 19.7. The summed E-state index contributed by atoms with van der Waals surface area (Å²) in [6.45, 7) is 0.125. The fourth-order valence-electron chi connectivity index (χ4n) is 2.73. The number of nitrogens with one attached hydrogen (secondary N) is 2. The SMILES string of the molecule is O=C(NCc1cn2ccnc2c(-c2ccc(C(F)(F)F)cc2)n1)c1cnc[nH]1. The van der Waals surface area contributed by atoms with Crippen molar-refractivity contribution in [1.82, 2.24) is 29.7 Å². The van der Waals surface area contributed by atoms with E-state index in [9.17, 15) is 18.0 Å². The molecule has 0 aliphatic carbocycles. The Labute approximate surface area is 156 Å². The predicted molar refractivity (Wildman–Crippen MR) is 93.2 cm³/mol. The Bertz CT molecular complexity index is 1120. The lowest BCUT2D eigenvalue weighted by atomic mass is 10.1. The van der Waals surface area contributed by atoms with Crippen molar-refractivity contribution in [2.75, 3.05) is 0 Å². The first-order valence-corrected chi connectivity index (χ1v) is 8.18. The number of amides is 1. The molecular formula is C18H13F3N6O. The number of carbonyl (C=O) groups is 1. The lowest BCUT2D eigenvalue weighted by molar-refractivity contribution is -0.137. The summed E-state index contributed by atoms with van der Waals surface area (Å²) in [5.74, 6) is -0.346. The summed E-state index contributed by atoms with van der Waals surface area (Å²) >= 11 is 0. The second kappa shape index (κ2) is 6.80. The molecule has 0 aliphatic rings. The smallest absolute Gasteiger partial charge is 0.345 e. The quantitative estimate of drug-likeness (QED) is 0.564. The van der Waals surface area contributed by atoms with Crippen molar-refractivity contribution in [2.45, 2.75) is 12.7 Å². The third-order valence-corrected chi connectivity index (χ3v) is 4.08. The van der Waals surface area contributed by atoms with E-state index in [4.69, 9.17) is 0 Å². The van der Waals surface area contributed by atoms with Crippen molar-refractivity contribution in [2.24, 2.45) is 0 Å². The molecule has 0 unspecified atom stereocenters. The van der Waals surface area contributed by atoms with Crippen molar-refractivity contribution in [3.63, 3.8) is 0 Å². The van der Waals surface area contributed by atoms with E-state index in [0.29, 0.717) is 28.3 Å². The number of hydrogen-bond acceptors (Lipinski definition) is 4. The van der Waals surface area contributed by atoms with Crippen LogP contribution in [0.3, 0.4) is 0 Å². The Morgan fingerprint density at radius 1 is 1.21 bits per heavy atom. The van der Waals surface area contributed by atoms with Crippen LogP contribution in [0.4, 0.5) is 13.2 Å². The standard InChI is InChI=1S/C18H13F3N6O/c19-18(20,21)12-3-1-11(2-4-12)15-16-23-5-6-27(16)9-13(26-15)7-24-17(28)14-8-22-10-25-14/h1-6,8-10H,7H2,(H,22,25)(H,24,28). The molecule has 1 aromatic carbocycles. The molecule has 4 rings (SSSR count). The van der Waals surface area contributed by atoms with E-state index in [-0.39, 0.29) is 12.5 Å². The van der Waals surface area contributed by atoms with Crippen LogP contribution in [0.2, 0.25) is 0 Å². The predicted octanol–water partition coefficient (Wildman–Crippen LogP) is 3.07. The molecule has 0 atom stereocenters. The average molecular weight is 386 g/mol. The second-order valence-electron chi connectivity index (χ2n) is 5.96. The van der Waals surface area contributed by atoms with Crippen LogP contribution in [-0.4, -0.2) is 30.2 Å². The number of benzene rings is 1. The molecule has 0 bridgehead atoms. The molecule has 0 saturated carbocycles. The first-order valence-electron chi connectivity index (χ1n) is 8.18. The molecule has 3 aromatic heterocycles. The number of fused-ring (bicyclic) bond motifs is 1. The highest BCUT2D eigenvalue weighted by molar-refractivity contribution is 5.91. The van der Waals surface area contributed by atoms with E-state index in [1.54, 1.807) is 23.0 Å². The number of H-pyrrole nitrogens is 1. The van der Waals surface area contributed by atoms with Crippen LogP contribution in [0, 0.1) is 0 Å². The summed E-state index contributed by atoms with van der Waals surface area (Å²) in [5, 5.41) is 2.71. The second-order valence-corrected chi connectivity index (χ2v) is 5.96. The van der Waals surface area contributed by atoms with E-state index in [1.165, 1.54) is 24.7 Å². The maximum atomic E-state index is 12.8. The van der Waals surface area contributed by atoms with Gasteiger partial charge in [-0.15, -0.1) is 0 Å². The molecule has 3 heterocycles. The molecule has 0 fully saturated rings. The third kappa shape index (κ3) is 3.43. The van der Waals surface area contributed by atoms with Crippen LogP contribution in [0.1, 0.15) is 21.7 Å². The Balaban J connectivity index is 1.65. The Hall–Kier alpha value is -3.69. The highest BCUT2D eigenvalue weighted by Gasteiger charge is 2.30. The number of hydrogen-bond donors (Lipinski definition) is 2. The van der Waals surface area contributed by atoms with Crippen LogP contribution in [0.15, 0.2) is 55.4 Å². The van der Waals surface area contributed by atoms with Gasteiger partial charge in [0.2, 0.25) is 0 Å². The molecular weight excluding hydrogens is 373 g/mol. The first kappa shape index (κ1) is 17.7. The lowest BCUT2D eigenvalue weighted by Crippen LogP contribution is -2.24. The molecule has 1 amide bonds. The van der Waals surface area contributed by atoms with Crippen LogP contribution >= 0.6 is 0 Å². The van der Waals surface area contributed by atoms with Gasteiger partial charge in [-0.2, -0.15) is 13.2 Å². The van der Waals surface area contributed by atoms with Crippen LogP contribution in [0.25, 0.3) is 16.9 Å². The Morgan fingerprint density at radius 2 is 2.00 bits per heavy atom. The van der Waals surface area contributed by atoms with Crippen LogP contribution < -0.4 is 5.32 Å². The zero-order valence-corrected chi connectivity index (χ0v) is 14.2. The highest BCUT2D eigenvalue weighted by atomic mass is 19.4. The monoisotopic (exact) mass is 386 g/mol. The van der Waals surface area contributed by atoms with Crippen molar-refractivity contribution in [1.29, 1.82) is 0 Å². The van der Waals surface area contributed by atoms with Crippen LogP contribution in [0.5, 0.6) is 0 Å². The van der Waals surface area contributed by atoms with E-state index in [2.05, 4.69) is 25.3 Å². The normalized spacial score (nSPS) is 11.7. The minimum atomic E-state index is -4.41. The summed E-state index contributed by atoms with van der Waals surface area (Å²) in [5.41, 5.74) is 1.51. The number of halogens is 3. The fourth-order valence-corrected chi connectivity index (χ4v) is 2.73. The number of alkyl halides is 3. The van der Waals surface area contributed by atoms with Gasteiger partial charge >= 0.3 is 6.18 Å². The van der Waals surface area contributed by atoms with Gasteiger partial charge in [0.25, 0.3) is 5.91 Å². The largest absolute Gasteiger partial charge is 0.416 e. The maximum absolute atomic E-state index is 12.8. The van der Waals surface area contributed by atoms with Gasteiger partial charge in [0.15, 0.2) is 5.65 Å². The highest BCUT2D eigenvalue weighted by Crippen LogP contribution is 2.31. The Kier molecular flexibility index (Phi) is 4.30. The molecule has 2 N–H and O–H groups in total. The topological polar surface area (TPSA) is 88.0 Å². The number of aromatic amines is 1. The van der Waals surface area contributed by atoms with E-state index in [1.807, 2.05) is 0 Å². The van der Waals surface area contributed by atoms with E-state index < -0.39 is 11.7 Å². The summed E-state index contributed by atoms with van der Waals surface area (Å²) < 4.78 is 40.1. The lowest BCUT2D eigenvalue weighted by Gasteiger charge is -2.10. The number of nitrogens with zero attached hydrogens (tertiary/aromatic N) is 4. The van der Waals surface area contributed by atoms with Gasteiger partial charge in [0.05, 0.1) is 30.3 Å². The molecule has 10 heteroatoms. The van der Waals surface area contributed by atoms with Crippen LogP contribution in [-0.2, 0) is 12.7 Å². The summed E-state index contributed by atoms with van der Waals surface area (Å²) in [6, 6.07) is 4.71. The Morgan fingerprint density at radius 3 is 2.68 bits per heavy atom. The average Bonchev–Trinajstić information content (AvgIpc) is 3.36.